The van der Waals surface area contributed by atoms with Crippen molar-refractivity contribution in [1.29, 1.82) is 0 Å². The van der Waals surface area contributed by atoms with E-state index in [-0.39, 0.29) is 12.4 Å². The zero-order valence-electron chi connectivity index (χ0n) is 7.22. The summed E-state index contributed by atoms with van der Waals surface area (Å²) < 4.78 is 13.6. The summed E-state index contributed by atoms with van der Waals surface area (Å²) in [5.74, 6) is -0.351. The van der Waals surface area contributed by atoms with Crippen LogP contribution in [0.15, 0.2) is 16.6 Å². The molecule has 1 atom stereocenters. The summed E-state index contributed by atoms with van der Waals surface area (Å²) in [5.41, 5.74) is 7.09. The minimum absolute atomic E-state index is 0.184. The van der Waals surface area contributed by atoms with E-state index < -0.39 is 6.04 Å². The van der Waals surface area contributed by atoms with Crippen molar-refractivity contribution in [2.75, 3.05) is 6.61 Å². The SMILES string of the molecule is Cc1c(Br)cc(F)cc1C(N)CO. The van der Waals surface area contributed by atoms with Gasteiger partial charge in [-0.2, -0.15) is 0 Å². The van der Waals surface area contributed by atoms with E-state index in [0.29, 0.717) is 10.0 Å². The van der Waals surface area contributed by atoms with Crippen molar-refractivity contribution in [3.8, 4) is 0 Å². The molecule has 1 unspecified atom stereocenters. The van der Waals surface area contributed by atoms with Crippen molar-refractivity contribution in [2.45, 2.75) is 13.0 Å². The summed E-state index contributed by atoms with van der Waals surface area (Å²) in [5, 5.41) is 8.83. The van der Waals surface area contributed by atoms with Gasteiger partial charge in [0.25, 0.3) is 0 Å². The standard InChI is InChI=1S/C9H11BrFNO/c1-5-7(9(12)4-13)2-6(11)3-8(5)10/h2-3,9,13H,4,12H2,1H3. The van der Waals surface area contributed by atoms with E-state index in [2.05, 4.69) is 15.9 Å². The monoisotopic (exact) mass is 247 g/mol. The Balaban J connectivity index is 3.20. The highest BCUT2D eigenvalue weighted by atomic mass is 79.9. The van der Waals surface area contributed by atoms with Gasteiger partial charge in [0.1, 0.15) is 5.82 Å². The fourth-order valence-corrected chi connectivity index (χ4v) is 1.60. The minimum atomic E-state index is -0.521. The van der Waals surface area contributed by atoms with E-state index in [1.54, 1.807) is 0 Å². The molecule has 0 aliphatic rings. The van der Waals surface area contributed by atoms with Crippen LogP contribution in [0.3, 0.4) is 0 Å². The second-order valence-corrected chi connectivity index (χ2v) is 3.75. The van der Waals surface area contributed by atoms with Crippen LogP contribution in [0.4, 0.5) is 4.39 Å². The number of hydrogen-bond donors (Lipinski definition) is 2. The molecule has 0 spiro atoms. The third-order valence-corrected chi connectivity index (χ3v) is 2.77. The molecule has 0 heterocycles. The molecule has 0 aliphatic carbocycles. The largest absolute Gasteiger partial charge is 0.394 e. The Kier molecular flexibility index (Phi) is 3.41. The second-order valence-electron chi connectivity index (χ2n) is 2.89. The second kappa shape index (κ2) is 4.17. The van der Waals surface area contributed by atoms with Gasteiger partial charge in [0.05, 0.1) is 12.6 Å². The Morgan fingerprint density at radius 3 is 2.77 bits per heavy atom. The molecule has 0 bridgehead atoms. The molecule has 72 valence electrons. The molecule has 0 saturated heterocycles. The zero-order valence-corrected chi connectivity index (χ0v) is 8.81. The lowest BCUT2D eigenvalue weighted by Crippen LogP contribution is -2.16. The van der Waals surface area contributed by atoms with E-state index in [0.717, 1.165) is 5.56 Å². The van der Waals surface area contributed by atoms with Crippen molar-refractivity contribution in [1.82, 2.24) is 0 Å². The Morgan fingerprint density at radius 2 is 2.23 bits per heavy atom. The van der Waals surface area contributed by atoms with E-state index in [9.17, 15) is 4.39 Å². The van der Waals surface area contributed by atoms with Gasteiger partial charge in [-0.15, -0.1) is 0 Å². The average Bonchev–Trinajstić information content (AvgIpc) is 2.10. The topological polar surface area (TPSA) is 46.2 Å². The van der Waals surface area contributed by atoms with Crippen LogP contribution in [-0.2, 0) is 0 Å². The smallest absolute Gasteiger partial charge is 0.124 e. The molecular weight excluding hydrogens is 237 g/mol. The van der Waals surface area contributed by atoms with Crippen molar-refractivity contribution < 1.29 is 9.50 Å². The van der Waals surface area contributed by atoms with Crippen molar-refractivity contribution in [3.63, 3.8) is 0 Å². The normalized spacial score (nSPS) is 13.0. The highest BCUT2D eigenvalue weighted by Gasteiger charge is 2.11. The average molecular weight is 248 g/mol. The molecular formula is C9H11BrFNO. The Labute approximate surface area is 84.7 Å². The summed E-state index contributed by atoms with van der Waals surface area (Å²) in [6, 6.07) is 2.20. The molecule has 0 saturated carbocycles. The van der Waals surface area contributed by atoms with Gasteiger partial charge >= 0.3 is 0 Å². The zero-order chi connectivity index (χ0) is 10.0. The van der Waals surface area contributed by atoms with Gasteiger partial charge in [0, 0.05) is 4.47 Å². The molecule has 13 heavy (non-hydrogen) atoms. The van der Waals surface area contributed by atoms with Crippen molar-refractivity contribution in [2.24, 2.45) is 5.73 Å². The lowest BCUT2D eigenvalue weighted by Gasteiger charge is -2.13. The first-order valence-electron chi connectivity index (χ1n) is 3.88. The molecule has 0 aromatic heterocycles. The summed E-state index contributed by atoms with van der Waals surface area (Å²) in [4.78, 5) is 0. The summed E-state index contributed by atoms with van der Waals surface area (Å²) in [7, 11) is 0. The summed E-state index contributed by atoms with van der Waals surface area (Å²) >= 11 is 3.22. The number of aliphatic hydroxyl groups excluding tert-OH is 1. The lowest BCUT2D eigenvalue weighted by molar-refractivity contribution is 0.267. The van der Waals surface area contributed by atoms with Crippen LogP contribution in [0.1, 0.15) is 17.2 Å². The van der Waals surface area contributed by atoms with Gasteiger partial charge in [-0.1, -0.05) is 15.9 Å². The van der Waals surface area contributed by atoms with Gasteiger partial charge in [0.15, 0.2) is 0 Å². The van der Waals surface area contributed by atoms with Crippen LogP contribution < -0.4 is 5.73 Å². The molecule has 3 N–H and O–H groups in total. The third-order valence-electron chi connectivity index (χ3n) is 1.95. The van der Waals surface area contributed by atoms with E-state index in [1.807, 2.05) is 6.92 Å². The first-order chi connectivity index (χ1) is 6.06. The molecule has 0 radical (unpaired) electrons. The van der Waals surface area contributed by atoms with E-state index in [4.69, 9.17) is 10.8 Å². The van der Waals surface area contributed by atoms with Gasteiger partial charge in [-0.3, -0.25) is 0 Å². The Hall–Kier alpha value is -0.450. The Bertz CT molecular complexity index is 317. The number of rotatable bonds is 2. The summed E-state index contributed by atoms with van der Waals surface area (Å²) in [6.07, 6.45) is 0. The maximum Gasteiger partial charge on any atom is 0.124 e. The van der Waals surface area contributed by atoms with Crippen LogP contribution in [0.25, 0.3) is 0 Å². The highest BCUT2D eigenvalue weighted by Crippen LogP contribution is 2.24. The Morgan fingerprint density at radius 1 is 1.62 bits per heavy atom. The molecule has 0 fully saturated rings. The summed E-state index contributed by atoms with van der Waals surface area (Å²) in [6.45, 7) is 1.64. The first-order valence-corrected chi connectivity index (χ1v) is 4.67. The van der Waals surface area contributed by atoms with E-state index >= 15 is 0 Å². The molecule has 0 aliphatic heterocycles. The fourth-order valence-electron chi connectivity index (χ4n) is 1.15. The molecule has 4 heteroatoms. The quantitative estimate of drug-likeness (QED) is 0.839. The first kappa shape index (κ1) is 10.6. The van der Waals surface area contributed by atoms with Crippen LogP contribution in [0, 0.1) is 12.7 Å². The van der Waals surface area contributed by atoms with Crippen LogP contribution >= 0.6 is 15.9 Å². The predicted octanol–water partition coefficient (Wildman–Crippen LogP) is 1.89. The van der Waals surface area contributed by atoms with Gasteiger partial charge in [-0.25, -0.2) is 4.39 Å². The van der Waals surface area contributed by atoms with Crippen molar-refractivity contribution >= 4 is 15.9 Å². The number of nitrogens with two attached hydrogens (primary N) is 1. The number of halogens is 2. The minimum Gasteiger partial charge on any atom is -0.394 e. The molecule has 2 nitrogen and oxygen atoms in total. The van der Waals surface area contributed by atoms with Crippen LogP contribution in [0.2, 0.25) is 0 Å². The predicted molar refractivity (Wildman–Crippen MR) is 52.9 cm³/mol. The number of benzene rings is 1. The van der Waals surface area contributed by atoms with Crippen molar-refractivity contribution in [3.05, 3.63) is 33.5 Å². The van der Waals surface area contributed by atoms with Crippen LogP contribution in [0.5, 0.6) is 0 Å². The molecule has 1 aromatic carbocycles. The van der Waals surface area contributed by atoms with Gasteiger partial charge in [0.2, 0.25) is 0 Å². The molecule has 1 aromatic rings. The molecule has 0 amide bonds. The van der Waals surface area contributed by atoms with E-state index in [1.165, 1.54) is 12.1 Å². The maximum absolute atomic E-state index is 12.9. The van der Waals surface area contributed by atoms with Crippen LogP contribution in [-0.4, -0.2) is 11.7 Å². The number of aliphatic hydroxyl groups is 1. The highest BCUT2D eigenvalue weighted by molar-refractivity contribution is 9.10. The number of hydrogen-bond acceptors (Lipinski definition) is 2. The van der Waals surface area contributed by atoms with Gasteiger partial charge in [-0.05, 0) is 30.2 Å². The fraction of sp³-hybridized carbons (Fsp3) is 0.333. The lowest BCUT2D eigenvalue weighted by atomic mass is 10.0. The maximum atomic E-state index is 12.9. The third kappa shape index (κ3) is 2.27. The van der Waals surface area contributed by atoms with Gasteiger partial charge < -0.3 is 10.8 Å². The molecule has 1 rings (SSSR count).